The Morgan fingerprint density at radius 2 is 1.94 bits per heavy atom. The highest BCUT2D eigenvalue weighted by Gasteiger charge is 2.15. The topological polar surface area (TPSA) is 64.9 Å². The molecule has 17 heavy (non-hydrogen) atoms. The molecule has 0 bridgehead atoms. The van der Waals surface area contributed by atoms with Gasteiger partial charge in [-0.1, -0.05) is 0 Å². The largest absolute Gasteiger partial charge is 0.349 e. The van der Waals surface area contributed by atoms with E-state index in [0.29, 0.717) is 11.1 Å². The summed E-state index contributed by atoms with van der Waals surface area (Å²) in [4.78, 5) is 11.9. The molecule has 1 heterocycles. The summed E-state index contributed by atoms with van der Waals surface area (Å²) < 4.78 is 0. The molecule has 4 heteroatoms. The number of hydrogen-bond acceptors (Lipinski definition) is 3. The van der Waals surface area contributed by atoms with Crippen LogP contribution in [0, 0.1) is 11.3 Å². The van der Waals surface area contributed by atoms with Crippen molar-refractivity contribution in [1.29, 1.82) is 5.26 Å². The maximum Gasteiger partial charge on any atom is 0.251 e. The van der Waals surface area contributed by atoms with Gasteiger partial charge in [0.05, 0.1) is 11.6 Å². The van der Waals surface area contributed by atoms with Crippen molar-refractivity contribution in [3.05, 3.63) is 35.4 Å². The minimum atomic E-state index is -0.0543. The summed E-state index contributed by atoms with van der Waals surface area (Å²) in [6.45, 7) is 1.91. The van der Waals surface area contributed by atoms with Crippen LogP contribution in [0.3, 0.4) is 0 Å². The summed E-state index contributed by atoms with van der Waals surface area (Å²) in [5.74, 6) is -0.0543. The van der Waals surface area contributed by atoms with E-state index >= 15 is 0 Å². The number of nitriles is 1. The number of carbonyl (C=O) groups excluding carboxylic acids is 1. The van der Waals surface area contributed by atoms with Crippen molar-refractivity contribution in [2.75, 3.05) is 13.1 Å². The highest BCUT2D eigenvalue weighted by Crippen LogP contribution is 2.06. The van der Waals surface area contributed by atoms with Crippen LogP contribution < -0.4 is 10.6 Å². The molecule has 1 aromatic carbocycles. The van der Waals surface area contributed by atoms with Gasteiger partial charge in [0.1, 0.15) is 0 Å². The van der Waals surface area contributed by atoms with E-state index in [-0.39, 0.29) is 11.9 Å². The zero-order chi connectivity index (χ0) is 12.1. The van der Waals surface area contributed by atoms with Crippen LogP contribution in [0.4, 0.5) is 0 Å². The lowest BCUT2D eigenvalue weighted by atomic mass is 10.1. The number of benzene rings is 1. The molecule has 0 spiro atoms. The van der Waals surface area contributed by atoms with Crippen LogP contribution in [0.2, 0.25) is 0 Å². The van der Waals surface area contributed by atoms with E-state index in [1.807, 2.05) is 6.07 Å². The lowest BCUT2D eigenvalue weighted by Crippen LogP contribution is -2.42. The van der Waals surface area contributed by atoms with E-state index in [2.05, 4.69) is 10.6 Å². The van der Waals surface area contributed by atoms with Crippen molar-refractivity contribution in [2.45, 2.75) is 18.9 Å². The number of amides is 1. The van der Waals surface area contributed by atoms with Crippen molar-refractivity contribution in [1.82, 2.24) is 10.6 Å². The fourth-order valence-corrected chi connectivity index (χ4v) is 1.93. The number of carbonyl (C=O) groups is 1. The Balaban J connectivity index is 1.96. The number of hydrogen-bond donors (Lipinski definition) is 2. The van der Waals surface area contributed by atoms with Crippen LogP contribution in [0.5, 0.6) is 0 Å². The second-order valence-electron chi connectivity index (χ2n) is 4.19. The monoisotopic (exact) mass is 229 g/mol. The Bertz CT molecular complexity index is 427. The molecular weight excluding hydrogens is 214 g/mol. The second kappa shape index (κ2) is 5.46. The van der Waals surface area contributed by atoms with Gasteiger partial charge in [0.25, 0.3) is 5.91 Å². The van der Waals surface area contributed by atoms with Gasteiger partial charge in [0, 0.05) is 11.6 Å². The first kappa shape index (κ1) is 11.6. The van der Waals surface area contributed by atoms with Crippen molar-refractivity contribution >= 4 is 5.91 Å². The molecule has 88 valence electrons. The summed E-state index contributed by atoms with van der Waals surface area (Å²) in [5, 5.41) is 14.9. The Morgan fingerprint density at radius 1 is 1.29 bits per heavy atom. The van der Waals surface area contributed by atoms with Gasteiger partial charge in [-0.25, -0.2) is 0 Å². The van der Waals surface area contributed by atoms with E-state index in [1.165, 1.54) is 0 Å². The quantitative estimate of drug-likeness (QED) is 0.796. The Hall–Kier alpha value is -1.86. The van der Waals surface area contributed by atoms with Gasteiger partial charge in [-0.2, -0.15) is 5.26 Å². The lowest BCUT2D eigenvalue weighted by molar-refractivity contribution is 0.0929. The van der Waals surface area contributed by atoms with E-state index in [4.69, 9.17) is 5.26 Å². The highest BCUT2D eigenvalue weighted by molar-refractivity contribution is 5.94. The third-order valence-electron chi connectivity index (χ3n) is 2.95. The van der Waals surface area contributed by atoms with E-state index < -0.39 is 0 Å². The molecule has 4 nitrogen and oxygen atoms in total. The van der Waals surface area contributed by atoms with E-state index in [9.17, 15) is 4.79 Å². The molecule has 1 saturated heterocycles. The molecule has 1 aromatic rings. The standard InChI is InChI=1S/C13H15N3O/c14-9-10-1-3-11(4-2-10)13(17)16-12-5-7-15-8-6-12/h1-4,12,15H,5-8H2,(H,16,17). The molecule has 0 atom stereocenters. The van der Waals surface area contributed by atoms with Crippen LogP contribution in [0.1, 0.15) is 28.8 Å². The molecule has 0 unspecified atom stereocenters. The van der Waals surface area contributed by atoms with Gasteiger partial charge in [0.2, 0.25) is 0 Å². The molecule has 0 saturated carbocycles. The predicted molar refractivity (Wildman–Crippen MR) is 64.5 cm³/mol. The van der Waals surface area contributed by atoms with Crippen LogP contribution in [-0.4, -0.2) is 25.0 Å². The number of nitrogens with zero attached hydrogens (tertiary/aromatic N) is 1. The number of piperidine rings is 1. The number of rotatable bonds is 2. The average Bonchev–Trinajstić information content (AvgIpc) is 2.40. The van der Waals surface area contributed by atoms with Gasteiger partial charge >= 0.3 is 0 Å². The Labute approximate surface area is 101 Å². The van der Waals surface area contributed by atoms with E-state index in [0.717, 1.165) is 25.9 Å². The maximum absolute atomic E-state index is 11.9. The molecular formula is C13H15N3O. The average molecular weight is 229 g/mol. The minimum Gasteiger partial charge on any atom is -0.349 e. The first-order valence-electron chi connectivity index (χ1n) is 5.81. The summed E-state index contributed by atoms with van der Waals surface area (Å²) in [7, 11) is 0. The zero-order valence-corrected chi connectivity index (χ0v) is 9.57. The SMILES string of the molecule is N#Cc1ccc(C(=O)NC2CCNCC2)cc1. The molecule has 0 radical (unpaired) electrons. The van der Waals surface area contributed by atoms with Gasteiger partial charge < -0.3 is 10.6 Å². The summed E-state index contributed by atoms with van der Waals surface area (Å²) in [6.07, 6.45) is 1.95. The molecule has 1 fully saturated rings. The minimum absolute atomic E-state index is 0.0543. The molecule has 0 aliphatic carbocycles. The van der Waals surface area contributed by atoms with Crippen LogP contribution in [0.25, 0.3) is 0 Å². The smallest absolute Gasteiger partial charge is 0.251 e. The summed E-state index contributed by atoms with van der Waals surface area (Å²) >= 11 is 0. The van der Waals surface area contributed by atoms with Crippen molar-refractivity contribution in [2.24, 2.45) is 0 Å². The third-order valence-corrected chi connectivity index (χ3v) is 2.95. The molecule has 1 aliphatic rings. The van der Waals surface area contributed by atoms with Gasteiger partial charge in [-0.3, -0.25) is 4.79 Å². The molecule has 2 N–H and O–H groups in total. The Kier molecular flexibility index (Phi) is 3.73. The fourth-order valence-electron chi connectivity index (χ4n) is 1.93. The van der Waals surface area contributed by atoms with Crippen LogP contribution in [0.15, 0.2) is 24.3 Å². The molecule has 2 rings (SSSR count). The van der Waals surface area contributed by atoms with Gasteiger partial charge in [-0.05, 0) is 50.2 Å². The Morgan fingerprint density at radius 3 is 2.53 bits per heavy atom. The molecule has 1 amide bonds. The van der Waals surface area contributed by atoms with Gasteiger partial charge in [0.15, 0.2) is 0 Å². The van der Waals surface area contributed by atoms with Gasteiger partial charge in [-0.15, -0.1) is 0 Å². The van der Waals surface area contributed by atoms with Crippen LogP contribution >= 0.6 is 0 Å². The molecule has 1 aliphatic heterocycles. The summed E-state index contributed by atoms with van der Waals surface area (Å²) in [5.41, 5.74) is 1.19. The maximum atomic E-state index is 11.9. The summed E-state index contributed by atoms with van der Waals surface area (Å²) in [6, 6.07) is 9.00. The predicted octanol–water partition coefficient (Wildman–Crippen LogP) is 1.04. The fraction of sp³-hybridized carbons (Fsp3) is 0.385. The first-order valence-corrected chi connectivity index (χ1v) is 5.81. The molecule has 0 aromatic heterocycles. The normalized spacial score (nSPS) is 16.2. The zero-order valence-electron chi connectivity index (χ0n) is 9.57. The van der Waals surface area contributed by atoms with Crippen molar-refractivity contribution in [3.63, 3.8) is 0 Å². The van der Waals surface area contributed by atoms with Crippen molar-refractivity contribution < 1.29 is 4.79 Å². The second-order valence-corrected chi connectivity index (χ2v) is 4.19. The third kappa shape index (κ3) is 3.05. The van der Waals surface area contributed by atoms with E-state index in [1.54, 1.807) is 24.3 Å². The van der Waals surface area contributed by atoms with Crippen molar-refractivity contribution in [3.8, 4) is 6.07 Å². The lowest BCUT2D eigenvalue weighted by Gasteiger charge is -2.23. The highest BCUT2D eigenvalue weighted by atomic mass is 16.1. The first-order chi connectivity index (χ1) is 8.29. The van der Waals surface area contributed by atoms with Crippen LogP contribution in [-0.2, 0) is 0 Å². The number of nitrogens with one attached hydrogen (secondary N) is 2.